The molecule has 0 radical (unpaired) electrons. The van der Waals surface area contributed by atoms with Crippen molar-refractivity contribution in [1.82, 2.24) is 9.97 Å². The number of methoxy groups -OCH3 is 1. The SMILES string of the molecule is CCNc1cncc(N(CCOC)C(C)C)n1. The lowest BCUT2D eigenvalue weighted by molar-refractivity contribution is 0.203. The number of rotatable bonds is 7. The van der Waals surface area contributed by atoms with Crippen LogP contribution in [-0.4, -0.2) is 42.8 Å². The van der Waals surface area contributed by atoms with Crippen LogP contribution in [0.3, 0.4) is 0 Å². The van der Waals surface area contributed by atoms with Crippen molar-refractivity contribution < 1.29 is 4.74 Å². The van der Waals surface area contributed by atoms with E-state index in [-0.39, 0.29) is 0 Å². The first kappa shape index (κ1) is 13.7. The second-order valence-electron chi connectivity index (χ2n) is 4.07. The Bertz CT molecular complexity index is 330. The van der Waals surface area contributed by atoms with Gasteiger partial charge in [0.2, 0.25) is 0 Å². The van der Waals surface area contributed by atoms with Gasteiger partial charge >= 0.3 is 0 Å². The lowest BCUT2D eigenvalue weighted by Crippen LogP contribution is -2.34. The molecule has 0 amide bonds. The number of hydrogen-bond donors (Lipinski definition) is 1. The van der Waals surface area contributed by atoms with Crippen LogP contribution in [0.4, 0.5) is 11.6 Å². The van der Waals surface area contributed by atoms with Crippen LogP contribution in [0.25, 0.3) is 0 Å². The highest BCUT2D eigenvalue weighted by molar-refractivity contribution is 5.44. The summed E-state index contributed by atoms with van der Waals surface area (Å²) >= 11 is 0. The van der Waals surface area contributed by atoms with Crippen molar-refractivity contribution in [2.75, 3.05) is 37.0 Å². The Kier molecular flexibility index (Phi) is 5.69. The molecule has 0 spiro atoms. The van der Waals surface area contributed by atoms with Crippen LogP contribution in [-0.2, 0) is 4.74 Å². The molecule has 5 heteroatoms. The van der Waals surface area contributed by atoms with Gasteiger partial charge in [0.25, 0.3) is 0 Å². The van der Waals surface area contributed by atoms with E-state index >= 15 is 0 Å². The van der Waals surface area contributed by atoms with E-state index in [1.807, 2.05) is 6.92 Å². The van der Waals surface area contributed by atoms with Crippen LogP contribution in [0.1, 0.15) is 20.8 Å². The average molecular weight is 238 g/mol. The molecule has 1 aromatic heterocycles. The number of hydrogen-bond acceptors (Lipinski definition) is 5. The molecule has 0 aliphatic carbocycles. The van der Waals surface area contributed by atoms with E-state index < -0.39 is 0 Å². The van der Waals surface area contributed by atoms with Crippen molar-refractivity contribution in [3.8, 4) is 0 Å². The minimum atomic E-state index is 0.372. The molecule has 1 aromatic rings. The Labute approximate surface area is 103 Å². The van der Waals surface area contributed by atoms with Crippen LogP contribution in [0, 0.1) is 0 Å². The highest BCUT2D eigenvalue weighted by Gasteiger charge is 2.12. The van der Waals surface area contributed by atoms with Gasteiger partial charge < -0.3 is 15.0 Å². The zero-order valence-electron chi connectivity index (χ0n) is 11.1. The molecular weight excluding hydrogens is 216 g/mol. The zero-order chi connectivity index (χ0) is 12.7. The molecule has 5 nitrogen and oxygen atoms in total. The minimum Gasteiger partial charge on any atom is -0.383 e. The standard InChI is InChI=1S/C12H22N4O/c1-5-14-11-8-13-9-12(15-11)16(10(2)3)6-7-17-4/h8-10H,5-7H2,1-4H3,(H,14,15). The summed E-state index contributed by atoms with van der Waals surface area (Å²) in [6.07, 6.45) is 3.53. The molecule has 1 rings (SSSR count). The van der Waals surface area contributed by atoms with Crippen LogP contribution < -0.4 is 10.2 Å². The Balaban J connectivity index is 2.81. The van der Waals surface area contributed by atoms with Gasteiger partial charge in [-0.05, 0) is 20.8 Å². The summed E-state index contributed by atoms with van der Waals surface area (Å²) in [6.45, 7) is 8.66. The fourth-order valence-corrected chi connectivity index (χ4v) is 1.59. The van der Waals surface area contributed by atoms with Crippen molar-refractivity contribution in [3.63, 3.8) is 0 Å². The second kappa shape index (κ2) is 7.06. The molecule has 0 fully saturated rings. The van der Waals surface area contributed by atoms with Crippen molar-refractivity contribution in [2.45, 2.75) is 26.8 Å². The molecule has 17 heavy (non-hydrogen) atoms. The summed E-state index contributed by atoms with van der Waals surface area (Å²) in [6, 6.07) is 0.372. The molecular formula is C12H22N4O. The van der Waals surface area contributed by atoms with Crippen LogP contribution >= 0.6 is 0 Å². The highest BCUT2D eigenvalue weighted by Crippen LogP contribution is 2.14. The summed E-state index contributed by atoms with van der Waals surface area (Å²) in [5, 5.41) is 3.17. The lowest BCUT2D eigenvalue weighted by atomic mass is 10.3. The van der Waals surface area contributed by atoms with Gasteiger partial charge in [0.15, 0.2) is 0 Å². The van der Waals surface area contributed by atoms with E-state index in [1.165, 1.54) is 0 Å². The highest BCUT2D eigenvalue weighted by atomic mass is 16.5. The molecule has 1 heterocycles. The van der Waals surface area contributed by atoms with Gasteiger partial charge in [0, 0.05) is 26.2 Å². The number of nitrogens with zero attached hydrogens (tertiary/aromatic N) is 3. The van der Waals surface area contributed by atoms with E-state index in [9.17, 15) is 0 Å². The Morgan fingerprint density at radius 3 is 2.76 bits per heavy atom. The molecule has 0 bridgehead atoms. The number of anilines is 2. The zero-order valence-corrected chi connectivity index (χ0v) is 11.1. The maximum atomic E-state index is 5.12. The van der Waals surface area contributed by atoms with Crippen LogP contribution in [0.15, 0.2) is 12.4 Å². The molecule has 0 aliphatic heterocycles. The largest absolute Gasteiger partial charge is 0.383 e. The normalized spacial score (nSPS) is 10.6. The van der Waals surface area contributed by atoms with Crippen molar-refractivity contribution >= 4 is 11.6 Å². The van der Waals surface area contributed by atoms with E-state index in [4.69, 9.17) is 4.74 Å². The van der Waals surface area contributed by atoms with E-state index in [0.717, 1.165) is 24.7 Å². The Hall–Kier alpha value is -1.36. The summed E-state index contributed by atoms with van der Waals surface area (Å²) < 4.78 is 5.12. The molecule has 96 valence electrons. The lowest BCUT2D eigenvalue weighted by Gasteiger charge is -2.27. The smallest absolute Gasteiger partial charge is 0.149 e. The Morgan fingerprint density at radius 2 is 2.18 bits per heavy atom. The van der Waals surface area contributed by atoms with Gasteiger partial charge in [0.1, 0.15) is 11.6 Å². The van der Waals surface area contributed by atoms with Crippen LogP contribution in [0.2, 0.25) is 0 Å². The van der Waals surface area contributed by atoms with Crippen molar-refractivity contribution in [3.05, 3.63) is 12.4 Å². The van der Waals surface area contributed by atoms with Gasteiger partial charge in [-0.15, -0.1) is 0 Å². The summed E-state index contributed by atoms with van der Waals surface area (Å²) in [5.74, 6) is 1.70. The molecule has 0 unspecified atom stereocenters. The fraction of sp³-hybridized carbons (Fsp3) is 0.667. The fourth-order valence-electron chi connectivity index (χ4n) is 1.59. The third-order valence-electron chi connectivity index (χ3n) is 2.43. The maximum Gasteiger partial charge on any atom is 0.149 e. The Morgan fingerprint density at radius 1 is 1.41 bits per heavy atom. The summed E-state index contributed by atoms with van der Waals surface area (Å²) in [7, 11) is 1.71. The third-order valence-corrected chi connectivity index (χ3v) is 2.43. The topological polar surface area (TPSA) is 50.3 Å². The number of ether oxygens (including phenoxy) is 1. The van der Waals surface area contributed by atoms with Crippen LogP contribution in [0.5, 0.6) is 0 Å². The first-order valence-electron chi connectivity index (χ1n) is 6.00. The third kappa shape index (κ3) is 4.19. The van der Waals surface area contributed by atoms with Gasteiger partial charge in [-0.2, -0.15) is 0 Å². The molecule has 0 aliphatic rings. The summed E-state index contributed by atoms with van der Waals surface area (Å²) in [5.41, 5.74) is 0. The van der Waals surface area contributed by atoms with Crippen molar-refractivity contribution in [1.29, 1.82) is 0 Å². The first-order chi connectivity index (χ1) is 8.19. The first-order valence-corrected chi connectivity index (χ1v) is 6.00. The van der Waals surface area contributed by atoms with E-state index in [2.05, 4.69) is 34.0 Å². The van der Waals surface area contributed by atoms with Gasteiger partial charge in [0.05, 0.1) is 19.0 Å². The quantitative estimate of drug-likeness (QED) is 0.784. The minimum absolute atomic E-state index is 0.372. The van der Waals surface area contributed by atoms with E-state index in [0.29, 0.717) is 12.6 Å². The summed E-state index contributed by atoms with van der Waals surface area (Å²) in [4.78, 5) is 10.9. The predicted molar refractivity (Wildman–Crippen MR) is 70.6 cm³/mol. The van der Waals surface area contributed by atoms with Crippen molar-refractivity contribution in [2.24, 2.45) is 0 Å². The molecule has 0 saturated heterocycles. The van der Waals surface area contributed by atoms with Gasteiger partial charge in [-0.3, -0.25) is 4.98 Å². The predicted octanol–water partition coefficient (Wildman–Crippen LogP) is 1.77. The molecule has 0 atom stereocenters. The monoisotopic (exact) mass is 238 g/mol. The number of nitrogens with one attached hydrogen (secondary N) is 1. The molecule has 1 N–H and O–H groups in total. The molecule has 0 saturated carbocycles. The number of aromatic nitrogens is 2. The van der Waals surface area contributed by atoms with E-state index in [1.54, 1.807) is 19.5 Å². The average Bonchev–Trinajstić information content (AvgIpc) is 2.30. The van der Waals surface area contributed by atoms with Gasteiger partial charge in [-0.25, -0.2) is 4.98 Å². The maximum absolute atomic E-state index is 5.12. The van der Waals surface area contributed by atoms with Gasteiger partial charge in [-0.1, -0.05) is 0 Å². The molecule has 0 aromatic carbocycles. The second-order valence-corrected chi connectivity index (χ2v) is 4.07.